The Labute approximate surface area is 199 Å². The molecule has 180 valence electrons. The number of carbonyl (C=O) groups is 3. The van der Waals surface area contributed by atoms with Crippen molar-refractivity contribution in [3.05, 3.63) is 59.7 Å². The zero-order valence-corrected chi connectivity index (χ0v) is 19.7. The Hall–Kier alpha value is -3.35. The number of hydrogen-bond donors (Lipinski definition) is 3. The second-order valence-electron chi connectivity index (χ2n) is 9.87. The molecule has 7 heteroatoms. The number of carbonyl (C=O) groups excluding carboxylic acids is 2. The molecule has 2 aromatic carbocycles. The predicted molar refractivity (Wildman–Crippen MR) is 128 cm³/mol. The summed E-state index contributed by atoms with van der Waals surface area (Å²) >= 11 is 0. The molecule has 1 fully saturated rings. The Morgan fingerprint density at radius 2 is 1.56 bits per heavy atom. The first-order valence-corrected chi connectivity index (χ1v) is 11.9. The van der Waals surface area contributed by atoms with Crippen LogP contribution in [0.3, 0.4) is 0 Å². The minimum Gasteiger partial charge on any atom is -0.481 e. The van der Waals surface area contributed by atoms with E-state index in [0.29, 0.717) is 12.8 Å². The van der Waals surface area contributed by atoms with E-state index < -0.39 is 23.4 Å². The van der Waals surface area contributed by atoms with Crippen molar-refractivity contribution < 1.29 is 24.2 Å². The van der Waals surface area contributed by atoms with Crippen molar-refractivity contribution in [2.24, 2.45) is 11.3 Å². The summed E-state index contributed by atoms with van der Waals surface area (Å²) in [6.07, 6.45) is 2.61. The summed E-state index contributed by atoms with van der Waals surface area (Å²) in [5.41, 5.74) is 3.57. The van der Waals surface area contributed by atoms with Crippen LogP contribution in [0, 0.1) is 11.3 Å². The maximum atomic E-state index is 12.8. The van der Waals surface area contributed by atoms with Gasteiger partial charge in [-0.1, -0.05) is 61.4 Å². The van der Waals surface area contributed by atoms with Crippen LogP contribution in [-0.2, 0) is 14.3 Å². The molecule has 0 saturated heterocycles. The highest BCUT2D eigenvalue weighted by Crippen LogP contribution is 2.44. The van der Waals surface area contributed by atoms with Gasteiger partial charge >= 0.3 is 12.1 Å². The average Bonchev–Trinajstić information content (AvgIpc) is 3.15. The first-order chi connectivity index (χ1) is 16.3. The number of alkyl carbamates (subject to hydrolysis) is 1. The van der Waals surface area contributed by atoms with Gasteiger partial charge in [0.25, 0.3) is 0 Å². The van der Waals surface area contributed by atoms with E-state index in [9.17, 15) is 19.5 Å². The highest BCUT2D eigenvalue weighted by atomic mass is 16.5. The van der Waals surface area contributed by atoms with Crippen molar-refractivity contribution in [3.63, 3.8) is 0 Å². The van der Waals surface area contributed by atoms with Gasteiger partial charge in [0.2, 0.25) is 5.91 Å². The Bertz CT molecular complexity index is 1030. The van der Waals surface area contributed by atoms with Gasteiger partial charge in [0.05, 0.1) is 11.3 Å². The van der Waals surface area contributed by atoms with Crippen molar-refractivity contribution in [1.29, 1.82) is 0 Å². The molecule has 7 nitrogen and oxygen atoms in total. The Morgan fingerprint density at radius 3 is 2.18 bits per heavy atom. The van der Waals surface area contributed by atoms with Crippen molar-refractivity contribution in [1.82, 2.24) is 10.6 Å². The molecule has 2 atom stereocenters. The SMILES string of the molecule is CC(C)(CNC(=O)[C@@H]1CCCC[C@@H]1NC(=O)OCC1c2ccccc2-c2ccccc21)C(=O)O. The minimum atomic E-state index is -1.06. The van der Waals surface area contributed by atoms with Crippen LogP contribution in [-0.4, -0.2) is 42.3 Å². The zero-order chi connectivity index (χ0) is 24.3. The molecule has 0 aromatic heterocycles. The monoisotopic (exact) mass is 464 g/mol. The van der Waals surface area contributed by atoms with Gasteiger partial charge in [-0.25, -0.2) is 4.79 Å². The summed E-state index contributed by atoms with van der Waals surface area (Å²) in [6.45, 7) is 3.40. The molecule has 0 heterocycles. The number of hydrogen-bond acceptors (Lipinski definition) is 4. The predicted octanol–water partition coefficient (Wildman–Crippen LogP) is 4.31. The summed E-state index contributed by atoms with van der Waals surface area (Å²) in [6, 6.07) is 16.0. The lowest BCUT2D eigenvalue weighted by Crippen LogP contribution is -2.50. The third-order valence-electron chi connectivity index (χ3n) is 7.03. The lowest BCUT2D eigenvalue weighted by molar-refractivity contribution is -0.147. The van der Waals surface area contributed by atoms with E-state index in [1.807, 2.05) is 24.3 Å². The smallest absolute Gasteiger partial charge is 0.407 e. The number of ether oxygens (including phenoxy) is 1. The fourth-order valence-electron chi connectivity index (χ4n) is 4.92. The molecular weight excluding hydrogens is 432 g/mol. The molecule has 2 aromatic rings. The van der Waals surface area contributed by atoms with E-state index >= 15 is 0 Å². The maximum absolute atomic E-state index is 12.8. The van der Waals surface area contributed by atoms with Crippen LogP contribution in [0.2, 0.25) is 0 Å². The highest BCUT2D eigenvalue weighted by Gasteiger charge is 2.35. The molecule has 2 aliphatic rings. The zero-order valence-electron chi connectivity index (χ0n) is 19.7. The number of fused-ring (bicyclic) bond motifs is 3. The van der Waals surface area contributed by atoms with E-state index in [2.05, 4.69) is 34.9 Å². The molecule has 2 aliphatic carbocycles. The summed E-state index contributed by atoms with van der Waals surface area (Å²) in [5.74, 6) is -1.62. The molecular formula is C27H32N2O5. The number of carboxylic acid groups (broad SMARTS) is 1. The standard InChI is InChI=1S/C27H32N2O5/c1-27(2,25(31)32)16-28-24(30)21-13-7-8-14-23(21)29-26(33)34-15-22-19-11-5-3-9-17(19)18-10-4-6-12-20(18)22/h3-6,9-12,21-23H,7-8,13-16H2,1-2H3,(H,28,30)(H,29,33)(H,31,32)/t21-,23+/m1/s1. The van der Waals surface area contributed by atoms with Crippen molar-refractivity contribution in [3.8, 4) is 11.1 Å². The van der Waals surface area contributed by atoms with Gasteiger partial charge in [0.15, 0.2) is 0 Å². The maximum Gasteiger partial charge on any atom is 0.407 e. The van der Waals surface area contributed by atoms with Crippen molar-refractivity contribution >= 4 is 18.0 Å². The molecule has 2 amide bonds. The van der Waals surface area contributed by atoms with Crippen LogP contribution in [0.1, 0.15) is 56.6 Å². The largest absolute Gasteiger partial charge is 0.481 e. The van der Waals surface area contributed by atoms with E-state index in [-0.39, 0.29) is 31.0 Å². The van der Waals surface area contributed by atoms with Gasteiger partial charge in [-0.3, -0.25) is 9.59 Å². The van der Waals surface area contributed by atoms with Crippen LogP contribution in [0.25, 0.3) is 11.1 Å². The molecule has 0 bridgehead atoms. The summed E-state index contributed by atoms with van der Waals surface area (Å²) in [7, 11) is 0. The van der Waals surface area contributed by atoms with Crippen LogP contribution < -0.4 is 10.6 Å². The van der Waals surface area contributed by atoms with Crippen molar-refractivity contribution in [2.75, 3.05) is 13.2 Å². The van der Waals surface area contributed by atoms with E-state index in [0.717, 1.165) is 24.0 Å². The number of carboxylic acids is 1. The highest BCUT2D eigenvalue weighted by molar-refractivity contribution is 5.82. The molecule has 1 saturated carbocycles. The van der Waals surface area contributed by atoms with E-state index in [4.69, 9.17) is 4.74 Å². The Morgan fingerprint density at radius 1 is 0.971 bits per heavy atom. The van der Waals surface area contributed by atoms with Gasteiger partial charge in [-0.15, -0.1) is 0 Å². The summed E-state index contributed by atoms with van der Waals surface area (Å²) < 4.78 is 5.66. The number of aliphatic carboxylic acids is 1. The molecule has 0 unspecified atom stereocenters. The summed E-state index contributed by atoms with van der Waals surface area (Å²) in [5, 5.41) is 14.9. The third kappa shape index (κ3) is 4.93. The number of amides is 2. The van der Waals surface area contributed by atoms with E-state index in [1.165, 1.54) is 11.1 Å². The van der Waals surface area contributed by atoms with Gasteiger partial charge in [0.1, 0.15) is 6.61 Å². The van der Waals surface area contributed by atoms with E-state index in [1.54, 1.807) is 13.8 Å². The van der Waals surface area contributed by atoms with Crippen LogP contribution in [0.4, 0.5) is 4.79 Å². The van der Waals surface area contributed by atoms with Gasteiger partial charge in [-0.2, -0.15) is 0 Å². The van der Waals surface area contributed by atoms with Crippen molar-refractivity contribution in [2.45, 2.75) is 51.5 Å². The van der Waals surface area contributed by atoms with Crippen LogP contribution in [0.5, 0.6) is 0 Å². The Kier molecular flexibility index (Phi) is 6.91. The average molecular weight is 465 g/mol. The number of benzene rings is 2. The van der Waals surface area contributed by atoms with Crippen LogP contribution in [0.15, 0.2) is 48.5 Å². The van der Waals surface area contributed by atoms with Crippen LogP contribution >= 0.6 is 0 Å². The Balaban J connectivity index is 1.37. The molecule has 0 spiro atoms. The van der Waals surface area contributed by atoms with Gasteiger partial charge in [0, 0.05) is 18.5 Å². The second kappa shape index (κ2) is 9.87. The number of rotatable bonds is 7. The topological polar surface area (TPSA) is 105 Å². The summed E-state index contributed by atoms with van der Waals surface area (Å²) in [4.78, 5) is 36.9. The second-order valence-corrected chi connectivity index (χ2v) is 9.87. The normalized spacial score (nSPS) is 19.6. The first kappa shape index (κ1) is 23.8. The molecule has 4 rings (SSSR count). The first-order valence-electron chi connectivity index (χ1n) is 11.9. The van der Waals surface area contributed by atoms with Gasteiger partial charge < -0.3 is 20.5 Å². The molecule has 0 radical (unpaired) electrons. The number of nitrogens with one attached hydrogen (secondary N) is 2. The molecule has 34 heavy (non-hydrogen) atoms. The fourth-order valence-corrected chi connectivity index (χ4v) is 4.92. The lowest BCUT2D eigenvalue weighted by atomic mass is 9.83. The third-order valence-corrected chi connectivity index (χ3v) is 7.03. The van der Waals surface area contributed by atoms with Gasteiger partial charge in [-0.05, 0) is 48.9 Å². The molecule has 3 N–H and O–H groups in total. The quantitative estimate of drug-likeness (QED) is 0.566. The fraction of sp³-hybridized carbons (Fsp3) is 0.444. The minimum absolute atomic E-state index is 0.0261. The lowest BCUT2D eigenvalue weighted by Gasteiger charge is -2.32. The molecule has 0 aliphatic heterocycles.